The number of hydrogen-bond donors (Lipinski definition) is 2. The van der Waals surface area contributed by atoms with Crippen molar-refractivity contribution in [3.05, 3.63) is 95.6 Å². The van der Waals surface area contributed by atoms with Gasteiger partial charge in [-0.2, -0.15) is 0 Å². The van der Waals surface area contributed by atoms with E-state index in [9.17, 15) is 9.90 Å². The molecule has 1 saturated heterocycles. The highest BCUT2D eigenvalue weighted by molar-refractivity contribution is 5.92. The third kappa shape index (κ3) is 6.44. The molecule has 5 nitrogen and oxygen atoms in total. The van der Waals surface area contributed by atoms with Gasteiger partial charge in [-0.25, -0.2) is 0 Å². The molecule has 0 atom stereocenters. The molecule has 1 aliphatic heterocycles. The lowest BCUT2D eigenvalue weighted by Gasteiger charge is -2.34. The fourth-order valence-electron chi connectivity index (χ4n) is 4.29. The molecule has 1 fully saturated rings. The number of benzene rings is 3. The molecule has 5 heteroatoms. The summed E-state index contributed by atoms with van der Waals surface area (Å²) < 4.78 is 6.61. The van der Waals surface area contributed by atoms with E-state index in [1.54, 1.807) is 12.1 Å². The number of aromatic hydroxyl groups is 1. The van der Waals surface area contributed by atoms with Crippen LogP contribution in [0.15, 0.2) is 78.9 Å². The van der Waals surface area contributed by atoms with Gasteiger partial charge in [0.05, 0.1) is 11.8 Å². The van der Waals surface area contributed by atoms with Crippen LogP contribution >= 0.6 is 0 Å². The van der Waals surface area contributed by atoms with E-state index in [0.717, 1.165) is 31.5 Å². The molecule has 1 amide bonds. The summed E-state index contributed by atoms with van der Waals surface area (Å²) >= 11 is 0. The molecule has 0 bridgehead atoms. The maximum Gasteiger partial charge on any atom is 0.225 e. The van der Waals surface area contributed by atoms with Gasteiger partial charge in [0.25, 0.3) is 0 Å². The number of rotatable bonds is 8. The number of ether oxygens (including phenoxy) is 1. The molecule has 172 valence electrons. The van der Waals surface area contributed by atoms with Crippen LogP contribution in [0.5, 0.6) is 5.75 Å². The SMILES string of the molecule is Cc1ccc(O)c(NC(=O)CCN2CCC(OC(c3ccccc3)c3ccccc3)CC2)c1. The van der Waals surface area contributed by atoms with Crippen molar-refractivity contribution in [1.82, 2.24) is 4.90 Å². The molecular formula is C28H32N2O3. The van der Waals surface area contributed by atoms with Gasteiger partial charge < -0.3 is 20.1 Å². The average molecular weight is 445 g/mol. The lowest BCUT2D eigenvalue weighted by molar-refractivity contribution is -0.116. The van der Waals surface area contributed by atoms with Crippen LogP contribution in [0.4, 0.5) is 5.69 Å². The molecule has 1 heterocycles. The largest absolute Gasteiger partial charge is 0.506 e. The van der Waals surface area contributed by atoms with Crippen molar-refractivity contribution in [1.29, 1.82) is 0 Å². The first-order valence-corrected chi connectivity index (χ1v) is 11.7. The van der Waals surface area contributed by atoms with E-state index in [-0.39, 0.29) is 23.9 Å². The van der Waals surface area contributed by atoms with Gasteiger partial charge in [-0.05, 0) is 48.6 Å². The Morgan fingerprint density at radius 3 is 2.21 bits per heavy atom. The molecule has 3 aromatic rings. The number of aryl methyl sites for hydroxylation is 1. The molecule has 0 radical (unpaired) electrons. The first kappa shape index (κ1) is 23.0. The summed E-state index contributed by atoms with van der Waals surface area (Å²) in [6, 6.07) is 26.0. The van der Waals surface area contributed by atoms with Crippen LogP contribution in [-0.4, -0.2) is 41.7 Å². The van der Waals surface area contributed by atoms with Crippen molar-refractivity contribution < 1.29 is 14.6 Å². The van der Waals surface area contributed by atoms with Crippen LogP contribution in [0.25, 0.3) is 0 Å². The molecular weight excluding hydrogens is 412 g/mol. The third-order valence-corrected chi connectivity index (χ3v) is 6.15. The summed E-state index contributed by atoms with van der Waals surface area (Å²) in [6.07, 6.45) is 2.39. The van der Waals surface area contributed by atoms with Crippen LogP contribution in [0.2, 0.25) is 0 Å². The smallest absolute Gasteiger partial charge is 0.225 e. The summed E-state index contributed by atoms with van der Waals surface area (Å²) in [5.74, 6) is 0.0146. The van der Waals surface area contributed by atoms with E-state index in [0.29, 0.717) is 18.7 Å². The number of carbonyl (C=O) groups is 1. The molecule has 0 aliphatic carbocycles. The molecule has 2 N–H and O–H groups in total. The predicted octanol–water partition coefficient (Wildman–Crippen LogP) is 5.30. The second-order valence-electron chi connectivity index (χ2n) is 8.70. The molecule has 3 aromatic carbocycles. The van der Waals surface area contributed by atoms with E-state index in [2.05, 4.69) is 58.7 Å². The molecule has 4 rings (SSSR count). The van der Waals surface area contributed by atoms with Gasteiger partial charge >= 0.3 is 0 Å². The number of phenols is 1. The minimum atomic E-state index is -0.0810. The molecule has 0 aromatic heterocycles. The van der Waals surface area contributed by atoms with Gasteiger partial charge in [0.2, 0.25) is 5.91 Å². The van der Waals surface area contributed by atoms with Gasteiger partial charge in [-0.15, -0.1) is 0 Å². The van der Waals surface area contributed by atoms with E-state index < -0.39 is 0 Å². The Kier molecular flexibility index (Phi) is 7.76. The number of nitrogens with one attached hydrogen (secondary N) is 1. The van der Waals surface area contributed by atoms with E-state index in [4.69, 9.17) is 4.74 Å². The fraction of sp³-hybridized carbons (Fsp3) is 0.321. The van der Waals surface area contributed by atoms with Gasteiger partial charge in [0.15, 0.2) is 0 Å². The van der Waals surface area contributed by atoms with Gasteiger partial charge in [-0.3, -0.25) is 4.79 Å². The maximum atomic E-state index is 12.4. The number of hydrogen-bond acceptors (Lipinski definition) is 4. The van der Waals surface area contributed by atoms with Gasteiger partial charge in [-0.1, -0.05) is 66.7 Å². The number of nitrogens with zero attached hydrogens (tertiary/aromatic N) is 1. The number of anilines is 1. The predicted molar refractivity (Wildman–Crippen MR) is 131 cm³/mol. The summed E-state index contributed by atoms with van der Waals surface area (Å²) in [7, 11) is 0. The van der Waals surface area contributed by atoms with Crippen LogP contribution < -0.4 is 5.32 Å². The van der Waals surface area contributed by atoms with Crippen molar-refractivity contribution in [3.63, 3.8) is 0 Å². The van der Waals surface area contributed by atoms with Crippen molar-refractivity contribution >= 4 is 11.6 Å². The first-order valence-electron chi connectivity index (χ1n) is 11.7. The number of phenolic OH excluding ortho intramolecular Hbond substituents is 1. The molecule has 0 unspecified atom stereocenters. The molecule has 1 aliphatic rings. The molecule has 0 spiro atoms. The Labute approximate surface area is 196 Å². The Morgan fingerprint density at radius 2 is 1.61 bits per heavy atom. The molecule has 33 heavy (non-hydrogen) atoms. The second-order valence-corrected chi connectivity index (χ2v) is 8.70. The van der Waals surface area contributed by atoms with Gasteiger partial charge in [0, 0.05) is 26.1 Å². The van der Waals surface area contributed by atoms with Crippen LogP contribution in [-0.2, 0) is 9.53 Å². The third-order valence-electron chi connectivity index (χ3n) is 6.15. The van der Waals surface area contributed by atoms with E-state index in [1.165, 1.54) is 11.1 Å². The summed E-state index contributed by atoms with van der Waals surface area (Å²) in [5.41, 5.74) is 3.80. The zero-order valence-corrected chi connectivity index (χ0v) is 19.1. The summed E-state index contributed by atoms with van der Waals surface area (Å²) in [4.78, 5) is 14.7. The minimum absolute atomic E-state index is 0.0725. The Balaban J connectivity index is 1.27. The lowest BCUT2D eigenvalue weighted by Crippen LogP contribution is -2.39. The van der Waals surface area contributed by atoms with Crippen LogP contribution in [0.3, 0.4) is 0 Å². The fourth-order valence-corrected chi connectivity index (χ4v) is 4.29. The lowest BCUT2D eigenvalue weighted by atomic mass is 10.00. The highest BCUT2D eigenvalue weighted by Gasteiger charge is 2.25. The normalized spacial score (nSPS) is 15.0. The maximum absolute atomic E-state index is 12.4. The van der Waals surface area contributed by atoms with Crippen molar-refractivity contribution in [3.8, 4) is 5.75 Å². The van der Waals surface area contributed by atoms with E-state index >= 15 is 0 Å². The Bertz CT molecular complexity index is 992. The number of amides is 1. The van der Waals surface area contributed by atoms with Crippen molar-refractivity contribution in [2.24, 2.45) is 0 Å². The van der Waals surface area contributed by atoms with E-state index in [1.807, 2.05) is 25.1 Å². The van der Waals surface area contributed by atoms with Gasteiger partial charge in [0.1, 0.15) is 11.9 Å². The minimum Gasteiger partial charge on any atom is -0.506 e. The summed E-state index contributed by atoms with van der Waals surface area (Å²) in [5, 5.41) is 12.7. The van der Waals surface area contributed by atoms with Crippen LogP contribution in [0.1, 0.15) is 42.1 Å². The highest BCUT2D eigenvalue weighted by Crippen LogP contribution is 2.30. The Hall–Kier alpha value is -3.15. The Morgan fingerprint density at radius 1 is 1.00 bits per heavy atom. The number of carbonyl (C=O) groups excluding carboxylic acids is 1. The van der Waals surface area contributed by atoms with Crippen LogP contribution in [0, 0.1) is 6.92 Å². The monoisotopic (exact) mass is 444 g/mol. The molecule has 0 saturated carbocycles. The number of likely N-dealkylation sites (tertiary alicyclic amines) is 1. The second kappa shape index (κ2) is 11.1. The quantitative estimate of drug-likeness (QED) is 0.463. The standard InChI is InChI=1S/C28H32N2O3/c1-21-12-13-26(31)25(20-21)29-27(32)16-19-30-17-14-24(15-18-30)33-28(22-8-4-2-5-9-22)23-10-6-3-7-11-23/h2-13,20,24,28,31H,14-19H2,1H3,(H,29,32). The topological polar surface area (TPSA) is 61.8 Å². The zero-order chi connectivity index (χ0) is 23.0. The highest BCUT2D eigenvalue weighted by atomic mass is 16.5. The zero-order valence-electron chi connectivity index (χ0n) is 19.1. The average Bonchev–Trinajstić information content (AvgIpc) is 2.85. The van der Waals surface area contributed by atoms with Crippen molar-refractivity contribution in [2.75, 3.05) is 25.0 Å². The van der Waals surface area contributed by atoms with Crippen molar-refractivity contribution in [2.45, 2.75) is 38.4 Å². The number of piperidine rings is 1. The summed E-state index contributed by atoms with van der Waals surface area (Å²) in [6.45, 7) is 4.45. The first-order chi connectivity index (χ1) is 16.1.